The van der Waals surface area contributed by atoms with Gasteiger partial charge in [-0.3, -0.25) is 4.79 Å². The first-order chi connectivity index (χ1) is 11.7. The second-order valence-corrected chi connectivity index (χ2v) is 5.60. The number of halogens is 1. The van der Waals surface area contributed by atoms with E-state index in [2.05, 4.69) is 10.1 Å². The molecule has 24 heavy (non-hydrogen) atoms. The quantitative estimate of drug-likeness (QED) is 0.632. The molecule has 1 aromatic heterocycles. The fourth-order valence-corrected chi connectivity index (χ4v) is 2.26. The van der Waals surface area contributed by atoms with Crippen molar-refractivity contribution in [1.82, 2.24) is 10.1 Å². The molecule has 0 atom stereocenters. The van der Waals surface area contributed by atoms with Gasteiger partial charge in [-0.2, -0.15) is 4.98 Å². The molecule has 0 bridgehead atoms. The van der Waals surface area contributed by atoms with E-state index in [1.54, 1.807) is 12.1 Å². The molecule has 0 saturated heterocycles. The van der Waals surface area contributed by atoms with Crippen molar-refractivity contribution in [3.8, 4) is 11.4 Å². The van der Waals surface area contributed by atoms with Gasteiger partial charge in [0.1, 0.15) is 0 Å². The molecular weight excluding hydrogens is 328 g/mol. The fraction of sp³-hybridized carbons (Fsp3) is 0.167. The molecule has 6 heteroatoms. The summed E-state index contributed by atoms with van der Waals surface area (Å²) in [5.74, 6) is 0.431. The van der Waals surface area contributed by atoms with E-state index in [0.717, 1.165) is 11.1 Å². The monoisotopic (exact) mass is 342 g/mol. The number of aromatic nitrogens is 2. The highest BCUT2D eigenvalue weighted by atomic mass is 35.5. The van der Waals surface area contributed by atoms with Gasteiger partial charge in [0.05, 0.1) is 0 Å². The van der Waals surface area contributed by atoms with Crippen molar-refractivity contribution < 1.29 is 14.1 Å². The summed E-state index contributed by atoms with van der Waals surface area (Å²) < 4.78 is 10.3. The van der Waals surface area contributed by atoms with E-state index < -0.39 is 0 Å². The summed E-state index contributed by atoms with van der Waals surface area (Å²) in [6.45, 7) is -0.0285. The summed E-state index contributed by atoms with van der Waals surface area (Å²) in [4.78, 5) is 16.0. The molecule has 0 saturated carbocycles. The molecule has 2 aromatic carbocycles. The van der Waals surface area contributed by atoms with Crippen LogP contribution in [0.5, 0.6) is 0 Å². The van der Waals surface area contributed by atoms with E-state index in [4.69, 9.17) is 20.9 Å². The minimum Gasteiger partial charge on any atom is -0.456 e. The Balaban J connectivity index is 1.48. The summed E-state index contributed by atoms with van der Waals surface area (Å²) in [5.41, 5.74) is 1.88. The van der Waals surface area contributed by atoms with Crippen molar-refractivity contribution in [3.63, 3.8) is 0 Å². The summed E-state index contributed by atoms with van der Waals surface area (Å²) >= 11 is 5.82. The Morgan fingerprint density at radius 1 is 1.08 bits per heavy atom. The van der Waals surface area contributed by atoms with Crippen LogP contribution in [0.3, 0.4) is 0 Å². The van der Waals surface area contributed by atoms with Crippen molar-refractivity contribution in [2.75, 3.05) is 0 Å². The number of ether oxygens (including phenoxy) is 1. The van der Waals surface area contributed by atoms with Crippen LogP contribution in [0, 0.1) is 0 Å². The van der Waals surface area contributed by atoms with E-state index in [-0.39, 0.29) is 24.9 Å². The van der Waals surface area contributed by atoms with Gasteiger partial charge < -0.3 is 9.26 Å². The van der Waals surface area contributed by atoms with Crippen molar-refractivity contribution in [1.29, 1.82) is 0 Å². The van der Waals surface area contributed by atoms with Gasteiger partial charge in [-0.05, 0) is 24.1 Å². The number of carbonyl (C=O) groups excluding carboxylic acids is 1. The first kappa shape index (κ1) is 16.2. The molecule has 0 N–H and O–H groups in total. The van der Waals surface area contributed by atoms with Crippen molar-refractivity contribution in [3.05, 3.63) is 71.1 Å². The molecule has 0 spiro atoms. The highest BCUT2D eigenvalue weighted by Crippen LogP contribution is 2.15. The molecule has 1 heterocycles. The number of aryl methyl sites for hydroxylation is 1. The minimum atomic E-state index is -0.315. The Hall–Kier alpha value is -2.66. The third-order valence-electron chi connectivity index (χ3n) is 3.39. The average Bonchev–Trinajstić information content (AvgIpc) is 3.09. The van der Waals surface area contributed by atoms with Gasteiger partial charge in [0.15, 0.2) is 6.61 Å². The number of nitrogens with zero attached hydrogens (tertiary/aromatic N) is 2. The van der Waals surface area contributed by atoms with E-state index in [1.807, 2.05) is 42.5 Å². The lowest BCUT2D eigenvalue weighted by atomic mass is 10.1. The lowest BCUT2D eigenvalue weighted by Gasteiger charge is -2.02. The lowest BCUT2D eigenvalue weighted by molar-refractivity contribution is -0.145. The number of esters is 1. The molecule has 0 fully saturated rings. The lowest BCUT2D eigenvalue weighted by Crippen LogP contribution is -2.06. The Morgan fingerprint density at radius 2 is 1.83 bits per heavy atom. The summed E-state index contributed by atoms with van der Waals surface area (Å²) in [5, 5.41) is 4.55. The van der Waals surface area contributed by atoms with Crippen LogP contribution in [-0.4, -0.2) is 16.1 Å². The maximum atomic E-state index is 11.8. The zero-order chi connectivity index (χ0) is 16.8. The van der Waals surface area contributed by atoms with Gasteiger partial charge in [-0.25, -0.2) is 0 Å². The van der Waals surface area contributed by atoms with Crippen molar-refractivity contribution in [2.45, 2.75) is 19.4 Å². The van der Waals surface area contributed by atoms with Crippen molar-refractivity contribution in [2.24, 2.45) is 0 Å². The van der Waals surface area contributed by atoms with Gasteiger partial charge in [0.25, 0.3) is 5.89 Å². The van der Waals surface area contributed by atoms with E-state index in [9.17, 15) is 4.79 Å². The van der Waals surface area contributed by atoms with E-state index in [0.29, 0.717) is 17.3 Å². The maximum Gasteiger partial charge on any atom is 0.306 e. The zero-order valence-corrected chi connectivity index (χ0v) is 13.6. The van der Waals surface area contributed by atoms with Gasteiger partial charge in [0, 0.05) is 17.0 Å². The Labute approximate surface area is 144 Å². The number of hydrogen-bond donors (Lipinski definition) is 0. The molecule has 5 nitrogen and oxygen atoms in total. The maximum absolute atomic E-state index is 11.8. The molecule has 122 valence electrons. The summed E-state index contributed by atoms with van der Waals surface area (Å²) in [7, 11) is 0. The molecule has 0 amide bonds. The van der Waals surface area contributed by atoms with Crippen molar-refractivity contribution >= 4 is 17.6 Å². The number of hydrogen-bond acceptors (Lipinski definition) is 5. The minimum absolute atomic E-state index is 0.0285. The molecule has 3 rings (SSSR count). The first-order valence-electron chi connectivity index (χ1n) is 7.49. The summed E-state index contributed by atoms with van der Waals surface area (Å²) in [6.07, 6.45) is 0.871. The fourth-order valence-electron chi connectivity index (χ4n) is 2.13. The number of carbonyl (C=O) groups is 1. The highest BCUT2D eigenvalue weighted by molar-refractivity contribution is 6.30. The number of rotatable bonds is 6. The van der Waals surface area contributed by atoms with Crippen LogP contribution in [-0.2, 0) is 22.6 Å². The normalized spacial score (nSPS) is 10.5. The SMILES string of the molecule is O=C(CCc1ccc(Cl)cc1)OCc1nc(-c2ccccc2)no1. The smallest absolute Gasteiger partial charge is 0.306 e. The van der Waals surface area contributed by atoms with E-state index in [1.165, 1.54) is 0 Å². The van der Waals surface area contributed by atoms with Gasteiger partial charge in [0.2, 0.25) is 5.82 Å². The Bertz CT molecular complexity index is 801. The molecule has 0 aliphatic heterocycles. The molecular formula is C18H15ClN2O3. The Kier molecular flexibility index (Phi) is 5.23. The predicted molar refractivity (Wildman–Crippen MR) is 89.3 cm³/mol. The van der Waals surface area contributed by atoms with Crippen LogP contribution < -0.4 is 0 Å². The average molecular weight is 343 g/mol. The van der Waals surface area contributed by atoms with Gasteiger partial charge in [-0.15, -0.1) is 0 Å². The van der Waals surface area contributed by atoms with Crippen LogP contribution in [0.1, 0.15) is 17.9 Å². The molecule has 3 aromatic rings. The third kappa shape index (κ3) is 4.43. The largest absolute Gasteiger partial charge is 0.456 e. The van der Waals surface area contributed by atoms with Crippen LogP contribution in [0.15, 0.2) is 59.1 Å². The van der Waals surface area contributed by atoms with Crippen LogP contribution in [0.4, 0.5) is 0 Å². The second-order valence-electron chi connectivity index (χ2n) is 5.16. The van der Waals surface area contributed by atoms with E-state index >= 15 is 0 Å². The van der Waals surface area contributed by atoms with Crippen LogP contribution in [0.2, 0.25) is 5.02 Å². The molecule has 0 aliphatic carbocycles. The van der Waals surface area contributed by atoms with Crippen LogP contribution in [0.25, 0.3) is 11.4 Å². The van der Waals surface area contributed by atoms with Gasteiger partial charge >= 0.3 is 5.97 Å². The molecule has 0 aliphatic rings. The third-order valence-corrected chi connectivity index (χ3v) is 3.64. The second kappa shape index (κ2) is 7.75. The number of benzene rings is 2. The topological polar surface area (TPSA) is 65.2 Å². The zero-order valence-electron chi connectivity index (χ0n) is 12.8. The summed E-state index contributed by atoms with van der Waals surface area (Å²) in [6, 6.07) is 16.8. The first-order valence-corrected chi connectivity index (χ1v) is 7.86. The molecule has 0 radical (unpaired) electrons. The molecule has 0 unspecified atom stereocenters. The van der Waals surface area contributed by atoms with Crippen LogP contribution >= 0.6 is 11.6 Å². The van der Waals surface area contributed by atoms with Gasteiger partial charge in [-0.1, -0.05) is 59.2 Å². The standard InChI is InChI=1S/C18H15ClN2O3/c19-15-9-6-13(7-10-15)8-11-17(22)23-12-16-20-18(21-24-16)14-4-2-1-3-5-14/h1-7,9-10H,8,11-12H2. The predicted octanol–water partition coefficient (Wildman–Crippen LogP) is 4.07. The highest BCUT2D eigenvalue weighted by Gasteiger charge is 2.11. The Morgan fingerprint density at radius 3 is 2.58 bits per heavy atom.